The summed E-state index contributed by atoms with van der Waals surface area (Å²) in [6, 6.07) is 9.71. The number of carbonyl (C=O) groups excluding carboxylic acids is 2. The van der Waals surface area contributed by atoms with Crippen molar-refractivity contribution >= 4 is 11.8 Å². The Labute approximate surface area is 182 Å². The molecule has 1 aromatic heterocycles. The maximum atomic E-state index is 12.6. The van der Waals surface area contributed by atoms with E-state index in [-0.39, 0.29) is 23.4 Å². The molecule has 0 aliphatic carbocycles. The molecule has 8 nitrogen and oxygen atoms in total. The fourth-order valence-electron chi connectivity index (χ4n) is 4.48. The summed E-state index contributed by atoms with van der Waals surface area (Å²) in [5, 5.41) is 7.42. The van der Waals surface area contributed by atoms with Crippen LogP contribution < -0.4 is 11.0 Å². The Bertz CT molecular complexity index is 965. The van der Waals surface area contributed by atoms with E-state index in [1.54, 1.807) is 4.57 Å². The van der Waals surface area contributed by atoms with Gasteiger partial charge in [-0.3, -0.25) is 14.2 Å². The van der Waals surface area contributed by atoms with Crippen molar-refractivity contribution in [2.45, 2.75) is 58.0 Å². The summed E-state index contributed by atoms with van der Waals surface area (Å²) in [4.78, 5) is 39.4. The lowest BCUT2D eigenvalue weighted by Gasteiger charge is -2.32. The van der Waals surface area contributed by atoms with Crippen molar-refractivity contribution in [2.24, 2.45) is 5.92 Å². The molecule has 166 valence electrons. The number of piperidine rings is 1. The molecule has 1 N–H and O–H groups in total. The van der Waals surface area contributed by atoms with E-state index in [9.17, 15) is 14.4 Å². The molecule has 0 bridgehead atoms. The highest BCUT2D eigenvalue weighted by molar-refractivity contribution is 5.82. The number of carbonyl (C=O) groups is 2. The highest BCUT2D eigenvalue weighted by Gasteiger charge is 2.28. The van der Waals surface area contributed by atoms with Gasteiger partial charge in [0.25, 0.3) is 0 Å². The van der Waals surface area contributed by atoms with Crippen LogP contribution in [0.15, 0.2) is 35.1 Å². The zero-order valence-electron chi connectivity index (χ0n) is 18.0. The van der Waals surface area contributed by atoms with Gasteiger partial charge in [0.2, 0.25) is 11.8 Å². The largest absolute Gasteiger partial charge is 0.356 e. The second-order valence-electron chi connectivity index (χ2n) is 8.52. The molecule has 2 amide bonds. The summed E-state index contributed by atoms with van der Waals surface area (Å²) < 4.78 is 3.29. The average Bonchev–Trinajstić information content (AvgIpc) is 3.13. The molecule has 0 saturated carbocycles. The minimum Gasteiger partial charge on any atom is -0.356 e. The van der Waals surface area contributed by atoms with Gasteiger partial charge in [0.15, 0.2) is 0 Å². The molecule has 31 heavy (non-hydrogen) atoms. The minimum absolute atomic E-state index is 0.00584. The van der Waals surface area contributed by atoms with E-state index in [4.69, 9.17) is 0 Å². The monoisotopic (exact) mass is 425 g/mol. The molecule has 1 saturated heterocycles. The first kappa shape index (κ1) is 21.3. The van der Waals surface area contributed by atoms with Crippen molar-refractivity contribution < 1.29 is 9.59 Å². The molecule has 8 heteroatoms. The summed E-state index contributed by atoms with van der Waals surface area (Å²) in [6.45, 7) is 2.95. The maximum Gasteiger partial charge on any atom is 0.345 e. The van der Waals surface area contributed by atoms with Crippen molar-refractivity contribution in [2.75, 3.05) is 19.6 Å². The fraction of sp³-hybridized carbons (Fsp3) is 0.565. The SMILES string of the molecule is O=C(NCCCn1nc2n(c1=O)CCCC2)C1CCCN(C(=O)Cc2ccccc2)C1. The normalized spacial score (nSPS) is 18.5. The van der Waals surface area contributed by atoms with Crippen LogP contribution in [0.2, 0.25) is 0 Å². The molecule has 2 aliphatic heterocycles. The van der Waals surface area contributed by atoms with Crippen molar-refractivity contribution in [3.05, 3.63) is 52.2 Å². The number of fused-ring (bicyclic) bond motifs is 1. The topological polar surface area (TPSA) is 89.2 Å². The van der Waals surface area contributed by atoms with Crippen LogP contribution in [0.5, 0.6) is 0 Å². The Morgan fingerprint density at radius 2 is 1.94 bits per heavy atom. The molecule has 0 radical (unpaired) electrons. The van der Waals surface area contributed by atoms with Gasteiger partial charge in [-0.15, -0.1) is 0 Å². The molecule has 3 heterocycles. The Balaban J connectivity index is 1.22. The van der Waals surface area contributed by atoms with Crippen LogP contribution in [-0.2, 0) is 35.5 Å². The lowest BCUT2D eigenvalue weighted by atomic mass is 9.96. The van der Waals surface area contributed by atoms with Gasteiger partial charge in [-0.1, -0.05) is 30.3 Å². The van der Waals surface area contributed by atoms with E-state index in [1.165, 1.54) is 4.68 Å². The Morgan fingerprint density at radius 3 is 2.74 bits per heavy atom. The number of aromatic nitrogens is 3. The zero-order chi connectivity index (χ0) is 21.6. The predicted octanol–water partition coefficient (Wildman–Crippen LogP) is 1.37. The molecule has 1 atom stereocenters. The van der Waals surface area contributed by atoms with E-state index in [1.807, 2.05) is 35.2 Å². The Morgan fingerprint density at radius 1 is 1.10 bits per heavy atom. The highest BCUT2D eigenvalue weighted by Crippen LogP contribution is 2.18. The van der Waals surface area contributed by atoms with Gasteiger partial charge in [-0.2, -0.15) is 5.10 Å². The highest BCUT2D eigenvalue weighted by atomic mass is 16.2. The van der Waals surface area contributed by atoms with Gasteiger partial charge in [0, 0.05) is 39.1 Å². The minimum atomic E-state index is -0.170. The number of nitrogens with zero attached hydrogens (tertiary/aromatic N) is 4. The van der Waals surface area contributed by atoms with Gasteiger partial charge >= 0.3 is 5.69 Å². The number of rotatable bonds is 7. The average molecular weight is 426 g/mol. The second kappa shape index (κ2) is 9.94. The predicted molar refractivity (Wildman–Crippen MR) is 117 cm³/mol. The number of amides is 2. The summed E-state index contributed by atoms with van der Waals surface area (Å²) >= 11 is 0. The maximum absolute atomic E-state index is 12.6. The fourth-order valence-corrected chi connectivity index (χ4v) is 4.48. The third kappa shape index (κ3) is 5.24. The molecular formula is C23H31N5O3. The lowest BCUT2D eigenvalue weighted by Crippen LogP contribution is -2.46. The first-order valence-corrected chi connectivity index (χ1v) is 11.4. The Kier molecular flexibility index (Phi) is 6.84. The summed E-state index contributed by atoms with van der Waals surface area (Å²) in [7, 11) is 0. The van der Waals surface area contributed by atoms with Crippen LogP contribution in [0.1, 0.15) is 43.5 Å². The quantitative estimate of drug-likeness (QED) is 0.679. The van der Waals surface area contributed by atoms with Crippen molar-refractivity contribution in [1.82, 2.24) is 24.6 Å². The van der Waals surface area contributed by atoms with E-state index in [2.05, 4.69) is 10.4 Å². The van der Waals surface area contributed by atoms with E-state index in [0.29, 0.717) is 39.0 Å². The van der Waals surface area contributed by atoms with Crippen molar-refractivity contribution in [3.63, 3.8) is 0 Å². The van der Waals surface area contributed by atoms with Crippen LogP contribution >= 0.6 is 0 Å². The smallest absolute Gasteiger partial charge is 0.345 e. The lowest BCUT2D eigenvalue weighted by molar-refractivity contribution is -0.135. The third-order valence-corrected chi connectivity index (χ3v) is 6.22. The van der Waals surface area contributed by atoms with Crippen LogP contribution in [0.25, 0.3) is 0 Å². The van der Waals surface area contributed by atoms with Crippen LogP contribution in [0.3, 0.4) is 0 Å². The molecule has 2 aliphatic rings. The number of likely N-dealkylation sites (tertiary alicyclic amines) is 1. The molecular weight excluding hydrogens is 394 g/mol. The third-order valence-electron chi connectivity index (χ3n) is 6.22. The van der Waals surface area contributed by atoms with E-state index < -0.39 is 0 Å². The molecule has 1 aromatic carbocycles. The van der Waals surface area contributed by atoms with Gasteiger partial charge in [0.1, 0.15) is 5.82 Å². The standard InChI is InChI=1S/C23H31N5O3/c29-21(16-18-8-2-1-3-9-18)26-13-6-10-19(17-26)22(30)24-12-7-15-28-23(31)27-14-5-4-11-20(27)25-28/h1-3,8-9,19H,4-7,10-17H2,(H,24,30). The van der Waals surface area contributed by atoms with Gasteiger partial charge < -0.3 is 10.2 Å². The molecule has 0 spiro atoms. The molecule has 4 rings (SSSR count). The first-order valence-electron chi connectivity index (χ1n) is 11.4. The van der Waals surface area contributed by atoms with Crippen LogP contribution in [-0.4, -0.2) is 50.7 Å². The van der Waals surface area contributed by atoms with Crippen molar-refractivity contribution in [3.8, 4) is 0 Å². The van der Waals surface area contributed by atoms with E-state index in [0.717, 1.165) is 50.0 Å². The number of hydrogen-bond acceptors (Lipinski definition) is 4. The molecule has 1 unspecified atom stereocenters. The zero-order valence-corrected chi connectivity index (χ0v) is 18.0. The first-order chi connectivity index (χ1) is 15.1. The molecule has 1 fully saturated rings. The van der Waals surface area contributed by atoms with E-state index >= 15 is 0 Å². The van der Waals surface area contributed by atoms with Gasteiger partial charge in [0.05, 0.1) is 12.3 Å². The van der Waals surface area contributed by atoms with Gasteiger partial charge in [-0.25, -0.2) is 9.48 Å². The summed E-state index contributed by atoms with van der Waals surface area (Å²) in [6.07, 6.45) is 5.65. The van der Waals surface area contributed by atoms with Crippen molar-refractivity contribution in [1.29, 1.82) is 0 Å². The number of hydrogen-bond donors (Lipinski definition) is 1. The number of benzene rings is 1. The summed E-state index contributed by atoms with van der Waals surface area (Å²) in [5.74, 6) is 0.777. The second-order valence-corrected chi connectivity index (χ2v) is 8.52. The number of aryl methyl sites for hydroxylation is 2. The molecule has 2 aromatic rings. The van der Waals surface area contributed by atoms with Crippen LogP contribution in [0.4, 0.5) is 0 Å². The van der Waals surface area contributed by atoms with Gasteiger partial charge in [-0.05, 0) is 37.7 Å². The summed E-state index contributed by atoms with van der Waals surface area (Å²) in [5.41, 5.74) is 0.955. The van der Waals surface area contributed by atoms with Crippen LogP contribution in [0, 0.1) is 5.92 Å². The Hall–Kier alpha value is -2.90. The number of nitrogens with one attached hydrogen (secondary N) is 1.